The molecule has 1 aromatic heterocycles. The van der Waals surface area contributed by atoms with E-state index in [0.717, 1.165) is 0 Å². The normalized spacial score (nSPS) is 9.82. The molecule has 0 amide bonds. The van der Waals surface area contributed by atoms with E-state index in [0.29, 0.717) is 10.1 Å². The molecule has 1 heterocycles. The third-order valence-corrected chi connectivity index (χ3v) is 2.77. The topological polar surface area (TPSA) is 93.0 Å². The number of benzene rings is 1. The predicted octanol–water partition coefficient (Wildman–Crippen LogP) is 2.61. The largest absolute Gasteiger partial charge is 0.440 e. The van der Waals surface area contributed by atoms with Crippen molar-refractivity contribution in [3.8, 4) is 6.07 Å². The summed E-state index contributed by atoms with van der Waals surface area (Å²) >= 11 is 1.19. The molecule has 1 aromatic carbocycles. The Morgan fingerprint density at radius 3 is 2.94 bits per heavy atom. The summed E-state index contributed by atoms with van der Waals surface area (Å²) in [4.78, 5) is 14.6. The van der Waals surface area contributed by atoms with Crippen LogP contribution in [0.25, 0.3) is 0 Å². The molecule has 0 bridgehead atoms. The second-order valence-corrected chi connectivity index (χ2v) is 3.97. The van der Waals surface area contributed by atoms with E-state index in [1.165, 1.54) is 36.4 Å². The zero-order chi connectivity index (χ0) is 12.3. The van der Waals surface area contributed by atoms with E-state index in [9.17, 15) is 10.1 Å². The molecule has 0 N–H and O–H groups in total. The molecule has 0 saturated heterocycles. The van der Waals surface area contributed by atoms with Gasteiger partial charge in [0.15, 0.2) is 0 Å². The summed E-state index contributed by atoms with van der Waals surface area (Å²) in [6, 6.07) is 6.07. The summed E-state index contributed by atoms with van der Waals surface area (Å²) in [6.07, 6.45) is 2.93. The van der Waals surface area contributed by atoms with Crippen LogP contribution in [0.4, 0.5) is 5.69 Å². The van der Waals surface area contributed by atoms with E-state index in [1.807, 2.05) is 0 Å². The lowest BCUT2D eigenvalue weighted by molar-refractivity contribution is -0.385. The number of nitrogens with zero attached hydrogens (tertiary/aromatic N) is 3. The van der Waals surface area contributed by atoms with Gasteiger partial charge in [-0.15, -0.1) is 0 Å². The number of oxazole rings is 1. The number of nitro groups is 1. The molecule has 17 heavy (non-hydrogen) atoms. The van der Waals surface area contributed by atoms with Gasteiger partial charge in [-0.3, -0.25) is 10.1 Å². The molecule has 0 radical (unpaired) electrons. The van der Waals surface area contributed by atoms with Crippen LogP contribution in [0.1, 0.15) is 5.56 Å². The summed E-state index contributed by atoms with van der Waals surface area (Å²) in [5.74, 6) is 0. The minimum absolute atomic E-state index is 0.0200. The first-order valence-electron chi connectivity index (χ1n) is 4.46. The molecule has 0 spiro atoms. The number of aromatic nitrogens is 1. The standard InChI is InChI=1S/C10H5N3O3S/c11-6-7-5-8(1-2-9(7)13(14)15)17-10-12-3-4-16-10/h1-5H. The average molecular weight is 247 g/mol. The van der Waals surface area contributed by atoms with Crippen molar-refractivity contribution in [3.63, 3.8) is 0 Å². The van der Waals surface area contributed by atoms with Crippen LogP contribution in [0.15, 0.2) is 45.2 Å². The maximum atomic E-state index is 10.6. The van der Waals surface area contributed by atoms with Crippen LogP contribution < -0.4 is 0 Å². The fraction of sp³-hybridized carbons (Fsp3) is 0. The van der Waals surface area contributed by atoms with Crippen LogP contribution in [-0.2, 0) is 0 Å². The average Bonchev–Trinajstić information content (AvgIpc) is 2.81. The Bertz CT molecular complexity index is 589. The molecular weight excluding hydrogens is 242 g/mol. The van der Waals surface area contributed by atoms with Gasteiger partial charge in [0.05, 0.1) is 11.1 Å². The highest BCUT2D eigenvalue weighted by atomic mass is 32.2. The van der Waals surface area contributed by atoms with Gasteiger partial charge < -0.3 is 4.42 Å². The fourth-order valence-corrected chi connectivity index (χ4v) is 1.92. The van der Waals surface area contributed by atoms with E-state index in [1.54, 1.807) is 12.1 Å². The van der Waals surface area contributed by atoms with Crippen molar-refractivity contribution in [2.24, 2.45) is 0 Å². The maximum absolute atomic E-state index is 10.6. The van der Waals surface area contributed by atoms with Crippen LogP contribution in [-0.4, -0.2) is 9.91 Å². The Balaban J connectivity index is 2.33. The number of nitriles is 1. The lowest BCUT2D eigenvalue weighted by Gasteiger charge is -1.98. The highest BCUT2D eigenvalue weighted by Gasteiger charge is 2.14. The Morgan fingerprint density at radius 1 is 1.53 bits per heavy atom. The van der Waals surface area contributed by atoms with Crippen LogP contribution in [0.2, 0.25) is 0 Å². The number of nitro benzene ring substituents is 1. The highest BCUT2D eigenvalue weighted by molar-refractivity contribution is 7.99. The third-order valence-electron chi connectivity index (χ3n) is 1.90. The molecular formula is C10H5N3O3S. The molecule has 0 unspecified atom stereocenters. The quantitative estimate of drug-likeness (QED) is 0.611. The van der Waals surface area contributed by atoms with Crippen LogP contribution in [0.5, 0.6) is 0 Å². The zero-order valence-electron chi connectivity index (χ0n) is 8.36. The Labute approximate surface area is 100 Å². The van der Waals surface area contributed by atoms with E-state index in [-0.39, 0.29) is 11.3 Å². The second kappa shape index (κ2) is 4.67. The second-order valence-electron chi connectivity index (χ2n) is 2.95. The monoisotopic (exact) mass is 247 g/mol. The molecule has 6 nitrogen and oxygen atoms in total. The summed E-state index contributed by atoms with van der Waals surface area (Å²) in [5.41, 5.74) is -0.184. The van der Waals surface area contributed by atoms with Gasteiger partial charge in [0, 0.05) is 11.0 Å². The summed E-state index contributed by atoms with van der Waals surface area (Å²) in [6.45, 7) is 0. The van der Waals surface area contributed by atoms with Crippen molar-refractivity contribution in [1.82, 2.24) is 4.98 Å². The molecule has 0 fully saturated rings. The molecule has 84 valence electrons. The Hall–Kier alpha value is -2.33. The molecule has 0 atom stereocenters. The summed E-state index contributed by atoms with van der Waals surface area (Å²) in [5, 5.41) is 19.9. The fourth-order valence-electron chi connectivity index (χ4n) is 1.19. The molecule has 2 aromatic rings. The first-order chi connectivity index (χ1) is 8.20. The number of rotatable bonds is 3. The highest BCUT2D eigenvalue weighted by Crippen LogP contribution is 2.29. The van der Waals surface area contributed by atoms with Gasteiger partial charge in [-0.25, -0.2) is 4.98 Å². The Kier molecular flexibility index (Phi) is 3.07. The first kappa shape index (κ1) is 11.2. The lowest BCUT2D eigenvalue weighted by Crippen LogP contribution is -1.92. The lowest BCUT2D eigenvalue weighted by atomic mass is 10.2. The first-order valence-corrected chi connectivity index (χ1v) is 5.28. The molecule has 0 aliphatic carbocycles. The minimum atomic E-state index is -0.585. The molecule has 0 aliphatic heterocycles. The van der Waals surface area contributed by atoms with Crippen molar-refractivity contribution < 1.29 is 9.34 Å². The van der Waals surface area contributed by atoms with Crippen molar-refractivity contribution in [2.75, 3.05) is 0 Å². The minimum Gasteiger partial charge on any atom is -0.440 e. The van der Waals surface area contributed by atoms with Crippen LogP contribution in [0.3, 0.4) is 0 Å². The van der Waals surface area contributed by atoms with Gasteiger partial charge in [-0.05, 0) is 23.9 Å². The number of hydrogen-bond acceptors (Lipinski definition) is 6. The van der Waals surface area contributed by atoms with Gasteiger partial charge in [-0.1, -0.05) is 0 Å². The molecule has 0 aliphatic rings. The third kappa shape index (κ3) is 2.43. The summed E-state index contributed by atoms with van der Waals surface area (Å²) < 4.78 is 5.02. The SMILES string of the molecule is N#Cc1cc(Sc2ncco2)ccc1[N+](=O)[O-]. The van der Waals surface area contributed by atoms with Crippen LogP contribution >= 0.6 is 11.8 Å². The van der Waals surface area contributed by atoms with Crippen molar-refractivity contribution in [2.45, 2.75) is 10.1 Å². The molecule has 2 rings (SSSR count). The smallest absolute Gasteiger partial charge is 0.287 e. The molecule has 7 heteroatoms. The molecule has 0 saturated carbocycles. The Morgan fingerprint density at radius 2 is 2.35 bits per heavy atom. The predicted molar refractivity (Wildman–Crippen MR) is 58.4 cm³/mol. The zero-order valence-corrected chi connectivity index (χ0v) is 9.18. The van der Waals surface area contributed by atoms with Gasteiger partial charge in [-0.2, -0.15) is 5.26 Å². The van der Waals surface area contributed by atoms with Crippen molar-refractivity contribution in [3.05, 3.63) is 46.3 Å². The van der Waals surface area contributed by atoms with Gasteiger partial charge in [0.2, 0.25) is 0 Å². The van der Waals surface area contributed by atoms with Crippen molar-refractivity contribution in [1.29, 1.82) is 5.26 Å². The number of hydrogen-bond donors (Lipinski definition) is 0. The van der Waals surface area contributed by atoms with Crippen LogP contribution in [0, 0.1) is 21.4 Å². The van der Waals surface area contributed by atoms with Gasteiger partial charge in [0.25, 0.3) is 10.9 Å². The van der Waals surface area contributed by atoms with Crippen molar-refractivity contribution >= 4 is 17.4 Å². The van der Waals surface area contributed by atoms with Gasteiger partial charge >= 0.3 is 0 Å². The van der Waals surface area contributed by atoms with E-state index in [4.69, 9.17) is 9.68 Å². The van der Waals surface area contributed by atoms with E-state index >= 15 is 0 Å². The van der Waals surface area contributed by atoms with Gasteiger partial charge in [0.1, 0.15) is 17.9 Å². The summed E-state index contributed by atoms with van der Waals surface area (Å²) in [7, 11) is 0. The van der Waals surface area contributed by atoms with E-state index in [2.05, 4.69) is 4.98 Å². The maximum Gasteiger partial charge on any atom is 0.287 e. The van der Waals surface area contributed by atoms with E-state index < -0.39 is 4.92 Å².